The molecule has 0 aliphatic heterocycles. The van der Waals surface area contributed by atoms with Gasteiger partial charge in [0.25, 0.3) is 0 Å². The normalized spacial score (nSPS) is 17.5. The lowest BCUT2D eigenvalue weighted by Crippen LogP contribution is -2.15. The number of ether oxygens (including phenoxy) is 1. The van der Waals surface area contributed by atoms with Crippen LogP contribution in [0.2, 0.25) is 0 Å². The van der Waals surface area contributed by atoms with E-state index in [0.717, 1.165) is 18.1 Å². The molecule has 1 fully saturated rings. The molecule has 88 valence electrons. The van der Waals surface area contributed by atoms with E-state index < -0.39 is 0 Å². The van der Waals surface area contributed by atoms with Gasteiger partial charge in [-0.3, -0.25) is 0 Å². The maximum absolute atomic E-state index is 5.97. The Morgan fingerprint density at radius 1 is 1.31 bits per heavy atom. The van der Waals surface area contributed by atoms with Crippen molar-refractivity contribution in [3.63, 3.8) is 0 Å². The summed E-state index contributed by atoms with van der Waals surface area (Å²) < 4.78 is 5.97. The number of thiol groups is 1. The third-order valence-electron chi connectivity index (χ3n) is 3.37. The molecule has 0 bridgehead atoms. The molecule has 2 heteroatoms. The minimum Gasteiger partial charge on any atom is -0.493 e. The molecule has 2 rings (SSSR count). The van der Waals surface area contributed by atoms with E-state index in [1.165, 1.54) is 18.4 Å². The van der Waals surface area contributed by atoms with Gasteiger partial charge < -0.3 is 4.74 Å². The molecule has 0 spiro atoms. The molecule has 1 aliphatic carbocycles. The van der Waals surface area contributed by atoms with Crippen LogP contribution in [0, 0.1) is 5.41 Å². The van der Waals surface area contributed by atoms with E-state index in [4.69, 9.17) is 4.74 Å². The van der Waals surface area contributed by atoms with Crippen molar-refractivity contribution in [2.45, 2.75) is 32.6 Å². The van der Waals surface area contributed by atoms with Gasteiger partial charge in [0.1, 0.15) is 5.75 Å². The first-order chi connectivity index (χ1) is 7.67. The fraction of sp³-hybridized carbons (Fsp3) is 0.571. The van der Waals surface area contributed by atoms with Crippen molar-refractivity contribution in [1.29, 1.82) is 0 Å². The van der Waals surface area contributed by atoms with Crippen molar-refractivity contribution < 1.29 is 4.74 Å². The molecule has 0 saturated heterocycles. The van der Waals surface area contributed by atoms with Crippen molar-refractivity contribution >= 4 is 12.6 Å². The van der Waals surface area contributed by atoms with Gasteiger partial charge in [-0.15, -0.1) is 0 Å². The second-order valence-electron chi connectivity index (χ2n) is 5.14. The number of hydrogen-bond acceptors (Lipinski definition) is 2. The van der Waals surface area contributed by atoms with Crippen LogP contribution in [-0.4, -0.2) is 12.4 Å². The van der Waals surface area contributed by atoms with Crippen molar-refractivity contribution in [2.24, 2.45) is 5.41 Å². The van der Waals surface area contributed by atoms with Crippen LogP contribution < -0.4 is 4.74 Å². The lowest BCUT2D eigenvalue weighted by Gasteiger charge is -2.17. The van der Waals surface area contributed by atoms with Gasteiger partial charge in [0.05, 0.1) is 6.61 Å². The monoisotopic (exact) mass is 236 g/mol. The molecule has 0 radical (unpaired) electrons. The lowest BCUT2D eigenvalue weighted by molar-refractivity contribution is 0.248. The van der Waals surface area contributed by atoms with E-state index in [9.17, 15) is 0 Å². The third-order valence-corrected chi connectivity index (χ3v) is 4.04. The maximum atomic E-state index is 5.97. The van der Waals surface area contributed by atoms with Crippen molar-refractivity contribution in [3.05, 3.63) is 29.8 Å². The predicted octanol–water partition coefficient (Wildman–Crippen LogP) is 3.90. The quantitative estimate of drug-likeness (QED) is 0.763. The summed E-state index contributed by atoms with van der Waals surface area (Å²) >= 11 is 4.40. The summed E-state index contributed by atoms with van der Waals surface area (Å²) in [5.74, 6) is 2.50. The highest BCUT2D eigenvalue weighted by molar-refractivity contribution is 7.80. The first-order valence-corrected chi connectivity index (χ1v) is 6.63. The smallest absolute Gasteiger partial charge is 0.122 e. The zero-order chi connectivity index (χ0) is 11.6. The third kappa shape index (κ3) is 2.54. The van der Waals surface area contributed by atoms with Crippen LogP contribution >= 0.6 is 12.6 Å². The second kappa shape index (κ2) is 4.70. The molecule has 0 amide bonds. The zero-order valence-corrected chi connectivity index (χ0v) is 11.0. The van der Waals surface area contributed by atoms with Crippen molar-refractivity contribution in [3.8, 4) is 5.75 Å². The molecule has 0 atom stereocenters. The van der Waals surface area contributed by atoms with Crippen LogP contribution in [0.3, 0.4) is 0 Å². The zero-order valence-electron chi connectivity index (χ0n) is 10.1. The topological polar surface area (TPSA) is 9.23 Å². The van der Waals surface area contributed by atoms with Crippen LogP contribution in [0.1, 0.15) is 38.2 Å². The molecule has 16 heavy (non-hydrogen) atoms. The number of rotatable bonds is 5. The Hall–Kier alpha value is -0.630. The Kier molecular flexibility index (Phi) is 3.48. The second-order valence-corrected chi connectivity index (χ2v) is 5.46. The van der Waals surface area contributed by atoms with E-state index in [-0.39, 0.29) is 0 Å². The molecular weight excluding hydrogens is 216 g/mol. The van der Waals surface area contributed by atoms with E-state index in [1.54, 1.807) is 0 Å². The van der Waals surface area contributed by atoms with Crippen molar-refractivity contribution in [1.82, 2.24) is 0 Å². The van der Waals surface area contributed by atoms with E-state index in [0.29, 0.717) is 11.3 Å². The van der Waals surface area contributed by atoms with Gasteiger partial charge >= 0.3 is 0 Å². The highest BCUT2D eigenvalue weighted by Crippen LogP contribution is 2.46. The van der Waals surface area contributed by atoms with Crippen LogP contribution in [-0.2, 0) is 0 Å². The van der Waals surface area contributed by atoms with E-state index >= 15 is 0 Å². The summed E-state index contributed by atoms with van der Waals surface area (Å²) in [6.45, 7) is 5.22. The fourth-order valence-corrected chi connectivity index (χ4v) is 2.25. The Balaban J connectivity index is 2.03. The molecule has 1 saturated carbocycles. The SMILES string of the molecule is CC(C)c1ccccc1OCC1(CS)CC1. The average molecular weight is 236 g/mol. The summed E-state index contributed by atoms with van der Waals surface area (Å²) in [6.07, 6.45) is 2.53. The Labute approximate surface area is 104 Å². The van der Waals surface area contributed by atoms with Gasteiger partial charge in [0, 0.05) is 5.41 Å². The highest BCUT2D eigenvalue weighted by atomic mass is 32.1. The van der Waals surface area contributed by atoms with E-state index in [1.807, 2.05) is 6.07 Å². The summed E-state index contributed by atoms with van der Waals surface area (Å²) in [5, 5.41) is 0. The molecule has 0 aromatic heterocycles. The molecule has 0 unspecified atom stereocenters. The molecular formula is C14H20OS. The Bertz CT molecular complexity index is 356. The molecule has 0 N–H and O–H groups in total. The van der Waals surface area contributed by atoms with Gasteiger partial charge in [0.2, 0.25) is 0 Å². The predicted molar refractivity (Wildman–Crippen MR) is 71.5 cm³/mol. The summed E-state index contributed by atoms with van der Waals surface area (Å²) in [6, 6.07) is 8.35. The largest absolute Gasteiger partial charge is 0.493 e. The minimum atomic E-state index is 0.368. The van der Waals surface area contributed by atoms with Crippen LogP contribution in [0.4, 0.5) is 0 Å². The average Bonchev–Trinajstić information content (AvgIpc) is 3.07. The number of benzene rings is 1. The number of hydrogen-bond donors (Lipinski definition) is 1. The van der Waals surface area contributed by atoms with Gasteiger partial charge in [-0.25, -0.2) is 0 Å². The lowest BCUT2D eigenvalue weighted by atomic mass is 10.0. The maximum Gasteiger partial charge on any atom is 0.122 e. The minimum absolute atomic E-state index is 0.368. The van der Waals surface area contributed by atoms with Gasteiger partial charge in [-0.1, -0.05) is 32.0 Å². The fourth-order valence-electron chi connectivity index (χ4n) is 1.84. The van der Waals surface area contributed by atoms with Gasteiger partial charge in [-0.2, -0.15) is 12.6 Å². The molecule has 1 aromatic rings. The Morgan fingerprint density at radius 2 is 2.00 bits per heavy atom. The molecule has 1 nitrogen and oxygen atoms in total. The van der Waals surface area contributed by atoms with Crippen LogP contribution in [0.15, 0.2) is 24.3 Å². The first kappa shape index (κ1) is 11.8. The van der Waals surface area contributed by atoms with Crippen LogP contribution in [0.25, 0.3) is 0 Å². The highest BCUT2D eigenvalue weighted by Gasteiger charge is 2.42. The standard InChI is InChI=1S/C14H20OS/c1-11(2)12-5-3-4-6-13(12)15-9-14(10-16)7-8-14/h3-6,11,16H,7-10H2,1-2H3. The van der Waals surface area contributed by atoms with Gasteiger partial charge in [-0.05, 0) is 36.1 Å². The summed E-state index contributed by atoms with van der Waals surface area (Å²) in [7, 11) is 0. The Morgan fingerprint density at radius 3 is 2.56 bits per heavy atom. The van der Waals surface area contributed by atoms with Crippen LogP contribution in [0.5, 0.6) is 5.75 Å². The number of para-hydroxylation sites is 1. The summed E-state index contributed by atoms with van der Waals surface area (Å²) in [4.78, 5) is 0. The molecule has 0 heterocycles. The molecule has 1 aromatic carbocycles. The van der Waals surface area contributed by atoms with Gasteiger partial charge in [0.15, 0.2) is 0 Å². The van der Waals surface area contributed by atoms with E-state index in [2.05, 4.69) is 44.7 Å². The summed E-state index contributed by atoms with van der Waals surface area (Å²) in [5.41, 5.74) is 1.67. The van der Waals surface area contributed by atoms with Crippen molar-refractivity contribution in [2.75, 3.05) is 12.4 Å². The molecule has 1 aliphatic rings. The first-order valence-electron chi connectivity index (χ1n) is 5.99.